The zero-order chi connectivity index (χ0) is 14.0. The molecule has 2 N–H and O–H groups in total. The molecule has 0 aromatic carbocycles. The van der Waals surface area contributed by atoms with Crippen LogP contribution in [-0.4, -0.2) is 49.6 Å². The number of nitrogens with two attached hydrogens (primary N) is 1. The van der Waals surface area contributed by atoms with Gasteiger partial charge in [0.25, 0.3) is 0 Å². The van der Waals surface area contributed by atoms with Crippen molar-refractivity contribution in [1.82, 2.24) is 9.80 Å². The van der Waals surface area contributed by atoms with Gasteiger partial charge in [0.15, 0.2) is 0 Å². The van der Waals surface area contributed by atoms with Gasteiger partial charge in [-0.25, -0.2) is 0 Å². The molecule has 1 atom stereocenters. The van der Waals surface area contributed by atoms with E-state index in [4.69, 9.17) is 5.73 Å². The number of likely N-dealkylation sites (N-methyl/N-ethyl adjacent to an activating group) is 2. The van der Waals surface area contributed by atoms with Crippen LogP contribution in [0.2, 0.25) is 0 Å². The van der Waals surface area contributed by atoms with E-state index < -0.39 is 0 Å². The summed E-state index contributed by atoms with van der Waals surface area (Å²) in [6.07, 6.45) is 3.95. The van der Waals surface area contributed by atoms with Crippen LogP contribution in [0.3, 0.4) is 0 Å². The van der Waals surface area contributed by atoms with Gasteiger partial charge in [0.05, 0.1) is 6.04 Å². The Morgan fingerprint density at radius 1 is 1.42 bits per heavy atom. The Bertz CT molecular complexity index is 415. The van der Waals surface area contributed by atoms with Gasteiger partial charge in [-0.1, -0.05) is 0 Å². The lowest BCUT2D eigenvalue weighted by Gasteiger charge is -2.50. The van der Waals surface area contributed by atoms with Crippen molar-refractivity contribution < 1.29 is 0 Å². The van der Waals surface area contributed by atoms with Crippen LogP contribution in [0, 0.1) is 0 Å². The molecule has 1 heterocycles. The lowest BCUT2D eigenvalue weighted by Crippen LogP contribution is -2.57. The highest BCUT2D eigenvalue weighted by atomic mass is 79.9. The molecular formula is C14H24BrN3S. The number of hydrogen-bond acceptors (Lipinski definition) is 4. The van der Waals surface area contributed by atoms with Gasteiger partial charge in [-0.05, 0) is 67.8 Å². The minimum Gasteiger partial charge on any atom is -0.329 e. The quantitative estimate of drug-likeness (QED) is 0.860. The number of halogens is 1. The molecule has 1 saturated carbocycles. The smallest absolute Gasteiger partial charge is 0.0573 e. The molecule has 0 bridgehead atoms. The highest BCUT2D eigenvalue weighted by molar-refractivity contribution is 9.10. The van der Waals surface area contributed by atoms with Gasteiger partial charge in [0.2, 0.25) is 0 Å². The molecule has 1 aliphatic rings. The van der Waals surface area contributed by atoms with Crippen LogP contribution in [-0.2, 0) is 0 Å². The molecule has 1 fully saturated rings. The fourth-order valence-corrected chi connectivity index (χ4v) is 4.75. The first kappa shape index (κ1) is 15.4. The van der Waals surface area contributed by atoms with E-state index in [1.165, 1.54) is 28.6 Å². The molecule has 0 spiro atoms. The second-order valence-electron chi connectivity index (χ2n) is 5.77. The van der Waals surface area contributed by atoms with E-state index in [-0.39, 0.29) is 0 Å². The molecule has 2 rings (SSSR count). The third kappa shape index (κ3) is 3.05. The lowest BCUT2D eigenvalue weighted by molar-refractivity contribution is 0.0171. The first-order valence-electron chi connectivity index (χ1n) is 6.81. The molecule has 3 nitrogen and oxygen atoms in total. The van der Waals surface area contributed by atoms with Crippen molar-refractivity contribution in [1.29, 1.82) is 0 Å². The fourth-order valence-electron chi connectivity index (χ4n) is 2.94. The molecule has 1 aliphatic carbocycles. The van der Waals surface area contributed by atoms with Gasteiger partial charge in [-0.3, -0.25) is 4.90 Å². The molecule has 0 radical (unpaired) electrons. The summed E-state index contributed by atoms with van der Waals surface area (Å²) in [5, 5.41) is 2.13. The average Bonchev–Trinajstić information content (AvgIpc) is 2.71. The summed E-state index contributed by atoms with van der Waals surface area (Å²) in [6.45, 7) is 1.76. The maximum absolute atomic E-state index is 6.02. The van der Waals surface area contributed by atoms with E-state index in [1.54, 1.807) is 11.3 Å². The van der Waals surface area contributed by atoms with E-state index >= 15 is 0 Å². The molecule has 0 saturated heterocycles. The Morgan fingerprint density at radius 2 is 2.11 bits per heavy atom. The monoisotopic (exact) mass is 345 g/mol. The predicted octanol–water partition coefficient (Wildman–Crippen LogP) is 2.93. The SMILES string of the molecule is CN(CC1(N(C)C)CCC1)C(CN)c1sccc1Br. The summed E-state index contributed by atoms with van der Waals surface area (Å²) < 4.78 is 1.19. The van der Waals surface area contributed by atoms with Crippen molar-refractivity contribution in [3.05, 3.63) is 20.8 Å². The zero-order valence-electron chi connectivity index (χ0n) is 12.0. The van der Waals surface area contributed by atoms with Gasteiger partial charge >= 0.3 is 0 Å². The molecule has 5 heteroatoms. The number of rotatable bonds is 6. The Labute approximate surface area is 128 Å². The molecule has 0 amide bonds. The van der Waals surface area contributed by atoms with E-state index in [0.717, 1.165) is 6.54 Å². The van der Waals surface area contributed by atoms with Crippen LogP contribution in [0.1, 0.15) is 30.2 Å². The average molecular weight is 346 g/mol. The molecule has 1 aromatic heterocycles. The second-order valence-corrected chi connectivity index (χ2v) is 7.57. The second kappa shape index (κ2) is 6.22. The first-order valence-corrected chi connectivity index (χ1v) is 8.48. The Balaban J connectivity index is 2.09. The zero-order valence-corrected chi connectivity index (χ0v) is 14.4. The van der Waals surface area contributed by atoms with Crippen molar-refractivity contribution in [2.24, 2.45) is 5.73 Å². The summed E-state index contributed by atoms with van der Waals surface area (Å²) in [5.74, 6) is 0. The summed E-state index contributed by atoms with van der Waals surface area (Å²) in [4.78, 5) is 6.16. The normalized spacial score (nSPS) is 19.7. The predicted molar refractivity (Wildman–Crippen MR) is 86.7 cm³/mol. The number of nitrogens with zero attached hydrogens (tertiary/aromatic N) is 2. The van der Waals surface area contributed by atoms with Crippen LogP contribution in [0.4, 0.5) is 0 Å². The van der Waals surface area contributed by atoms with Crippen molar-refractivity contribution in [2.45, 2.75) is 30.8 Å². The summed E-state index contributed by atoms with van der Waals surface area (Å²) >= 11 is 5.42. The third-order valence-corrected chi connectivity index (χ3v) is 6.45. The third-order valence-electron chi connectivity index (χ3n) is 4.48. The highest BCUT2D eigenvalue weighted by Crippen LogP contribution is 2.39. The number of thiophene rings is 1. The van der Waals surface area contributed by atoms with Crippen LogP contribution in [0.15, 0.2) is 15.9 Å². The van der Waals surface area contributed by atoms with Crippen molar-refractivity contribution >= 4 is 27.3 Å². The van der Waals surface area contributed by atoms with Gasteiger partial charge in [0.1, 0.15) is 0 Å². The maximum Gasteiger partial charge on any atom is 0.0573 e. The van der Waals surface area contributed by atoms with Crippen LogP contribution in [0.5, 0.6) is 0 Å². The summed E-state index contributed by atoms with van der Waals surface area (Å²) in [5.41, 5.74) is 6.37. The van der Waals surface area contributed by atoms with E-state index in [0.29, 0.717) is 18.1 Å². The van der Waals surface area contributed by atoms with Gasteiger partial charge in [-0.15, -0.1) is 11.3 Å². The standard InChI is InChI=1S/C14H24BrN3S/c1-17(2)14(6-4-7-14)10-18(3)12(9-16)13-11(15)5-8-19-13/h5,8,12H,4,6-7,9-10,16H2,1-3H3. The Hall–Kier alpha value is 0.0600. The first-order chi connectivity index (χ1) is 9.00. The van der Waals surface area contributed by atoms with Crippen molar-refractivity contribution in [3.63, 3.8) is 0 Å². The Kier molecular flexibility index (Phi) is 5.06. The maximum atomic E-state index is 6.02. The van der Waals surface area contributed by atoms with Crippen LogP contribution >= 0.6 is 27.3 Å². The van der Waals surface area contributed by atoms with Crippen molar-refractivity contribution in [3.8, 4) is 0 Å². The lowest BCUT2D eigenvalue weighted by atomic mass is 9.75. The minimum absolute atomic E-state index is 0.312. The molecule has 108 valence electrons. The molecule has 1 unspecified atom stereocenters. The van der Waals surface area contributed by atoms with Gasteiger partial charge < -0.3 is 10.6 Å². The molecule has 0 aliphatic heterocycles. The van der Waals surface area contributed by atoms with E-state index in [9.17, 15) is 0 Å². The van der Waals surface area contributed by atoms with Crippen LogP contribution in [0.25, 0.3) is 0 Å². The largest absolute Gasteiger partial charge is 0.329 e. The topological polar surface area (TPSA) is 32.5 Å². The van der Waals surface area contributed by atoms with Crippen molar-refractivity contribution in [2.75, 3.05) is 34.2 Å². The summed E-state index contributed by atoms with van der Waals surface area (Å²) in [7, 11) is 6.60. The minimum atomic E-state index is 0.312. The van der Waals surface area contributed by atoms with Gasteiger partial charge in [-0.2, -0.15) is 0 Å². The number of hydrogen-bond donors (Lipinski definition) is 1. The highest BCUT2D eigenvalue weighted by Gasteiger charge is 2.41. The fraction of sp³-hybridized carbons (Fsp3) is 0.714. The van der Waals surface area contributed by atoms with Crippen LogP contribution < -0.4 is 5.73 Å². The summed E-state index contributed by atoms with van der Waals surface area (Å²) in [6, 6.07) is 2.42. The Morgan fingerprint density at radius 3 is 2.47 bits per heavy atom. The van der Waals surface area contributed by atoms with E-state index in [2.05, 4.69) is 58.3 Å². The van der Waals surface area contributed by atoms with Gasteiger partial charge in [0, 0.05) is 28.0 Å². The van der Waals surface area contributed by atoms with E-state index in [1.807, 2.05) is 0 Å². The molecule has 19 heavy (non-hydrogen) atoms. The molecular weight excluding hydrogens is 322 g/mol. The molecule has 1 aromatic rings.